The Kier molecular flexibility index (Phi) is 3.16. The van der Waals surface area contributed by atoms with Crippen molar-refractivity contribution in [2.45, 2.75) is 19.9 Å². The molecule has 0 aliphatic carbocycles. The first-order chi connectivity index (χ1) is 9.13. The molecule has 0 aliphatic heterocycles. The second-order valence-electron chi connectivity index (χ2n) is 4.52. The number of aromatic nitrogens is 1. The summed E-state index contributed by atoms with van der Waals surface area (Å²) >= 11 is 3.42. The number of fused-ring (bicyclic) bond motifs is 1. The van der Waals surface area contributed by atoms with Gasteiger partial charge in [0.05, 0.1) is 32.6 Å². The first kappa shape index (κ1) is 12.4. The van der Waals surface area contributed by atoms with Crippen LogP contribution in [0.4, 0.5) is 11.4 Å². The molecule has 5 heteroatoms. The number of rotatable bonds is 3. The molecule has 0 fully saturated rings. The Hall–Kier alpha value is -1.59. The van der Waals surface area contributed by atoms with E-state index in [2.05, 4.69) is 34.7 Å². The number of nitrogens with one attached hydrogen (secondary N) is 1. The molecular weight excluding hydrogens is 274 g/mol. The van der Waals surface area contributed by atoms with Crippen molar-refractivity contribution >= 4 is 44.3 Å². The van der Waals surface area contributed by atoms with Crippen molar-refractivity contribution in [3.05, 3.63) is 39.5 Å². The highest BCUT2D eigenvalue weighted by molar-refractivity contribution is 7.18. The Bertz CT molecular complexity index is 701. The zero-order chi connectivity index (χ0) is 13.4. The van der Waals surface area contributed by atoms with Gasteiger partial charge in [0.2, 0.25) is 0 Å². The average molecular weight is 289 g/mol. The molecule has 0 amide bonds. The van der Waals surface area contributed by atoms with Crippen LogP contribution in [0.2, 0.25) is 0 Å². The van der Waals surface area contributed by atoms with E-state index in [-0.39, 0.29) is 6.04 Å². The third-order valence-corrected chi connectivity index (χ3v) is 5.00. The van der Waals surface area contributed by atoms with Crippen LogP contribution in [0.15, 0.2) is 29.6 Å². The zero-order valence-electron chi connectivity index (χ0n) is 10.8. The number of nitrogens with zero attached hydrogens (tertiary/aromatic N) is 1. The number of anilines is 2. The van der Waals surface area contributed by atoms with Crippen LogP contribution < -0.4 is 11.1 Å². The molecule has 3 N–H and O–H groups in total. The maximum absolute atomic E-state index is 6.12. The number of hydrogen-bond acceptors (Lipinski definition) is 5. The Morgan fingerprint density at radius 1 is 1.37 bits per heavy atom. The van der Waals surface area contributed by atoms with Crippen LogP contribution in [0.3, 0.4) is 0 Å². The molecule has 0 bridgehead atoms. The van der Waals surface area contributed by atoms with Gasteiger partial charge in [-0.05, 0) is 37.4 Å². The maximum Gasteiger partial charge on any atom is 0.0907 e. The monoisotopic (exact) mass is 289 g/mol. The largest absolute Gasteiger partial charge is 0.397 e. The predicted molar refractivity (Wildman–Crippen MR) is 85.1 cm³/mol. The first-order valence-electron chi connectivity index (χ1n) is 6.10. The lowest BCUT2D eigenvalue weighted by Gasteiger charge is -2.15. The molecule has 1 aromatic carbocycles. The molecule has 0 saturated carbocycles. The summed E-state index contributed by atoms with van der Waals surface area (Å²) in [5, 5.41) is 6.62. The first-order valence-corrected chi connectivity index (χ1v) is 7.79. The fourth-order valence-corrected chi connectivity index (χ4v) is 3.66. The van der Waals surface area contributed by atoms with Crippen molar-refractivity contribution in [3.63, 3.8) is 0 Å². The number of thiazole rings is 1. The number of aryl methyl sites for hydroxylation is 1. The van der Waals surface area contributed by atoms with Crippen LogP contribution in [0, 0.1) is 6.92 Å². The minimum Gasteiger partial charge on any atom is -0.397 e. The number of nitrogens with two attached hydrogens (primary N) is 1. The standard InChI is InChI=1S/C14H15N3S2/c1-8(13-4-3-5-18-13)16-11-7-12-14(6-10(11)15)19-9(2)17-12/h3-8,16H,15H2,1-2H3. The summed E-state index contributed by atoms with van der Waals surface area (Å²) in [5.74, 6) is 0. The van der Waals surface area contributed by atoms with Gasteiger partial charge < -0.3 is 11.1 Å². The Balaban J connectivity index is 1.94. The van der Waals surface area contributed by atoms with E-state index in [1.165, 1.54) is 4.88 Å². The number of nitrogen functional groups attached to an aromatic ring is 1. The molecule has 0 radical (unpaired) electrons. The van der Waals surface area contributed by atoms with Crippen molar-refractivity contribution in [2.24, 2.45) is 0 Å². The molecule has 3 nitrogen and oxygen atoms in total. The fourth-order valence-electron chi connectivity index (χ4n) is 2.07. The van der Waals surface area contributed by atoms with E-state index < -0.39 is 0 Å². The summed E-state index contributed by atoms with van der Waals surface area (Å²) in [6.07, 6.45) is 0. The van der Waals surface area contributed by atoms with Crippen LogP contribution in [0.1, 0.15) is 22.9 Å². The normalized spacial score (nSPS) is 12.7. The van der Waals surface area contributed by atoms with E-state index in [0.717, 1.165) is 26.6 Å². The third-order valence-electron chi connectivity index (χ3n) is 3.01. The minimum atomic E-state index is 0.250. The van der Waals surface area contributed by atoms with Gasteiger partial charge in [0, 0.05) is 4.88 Å². The maximum atomic E-state index is 6.12. The van der Waals surface area contributed by atoms with Gasteiger partial charge >= 0.3 is 0 Å². The van der Waals surface area contributed by atoms with Crippen LogP contribution in [0.5, 0.6) is 0 Å². The van der Waals surface area contributed by atoms with E-state index in [1.54, 1.807) is 22.7 Å². The van der Waals surface area contributed by atoms with Crippen molar-refractivity contribution in [1.82, 2.24) is 4.98 Å². The summed E-state index contributed by atoms with van der Waals surface area (Å²) in [5.41, 5.74) is 8.86. The van der Waals surface area contributed by atoms with Gasteiger partial charge in [0.1, 0.15) is 0 Å². The average Bonchev–Trinajstić information content (AvgIpc) is 2.97. The quantitative estimate of drug-likeness (QED) is 0.702. The van der Waals surface area contributed by atoms with Gasteiger partial charge in [-0.1, -0.05) is 6.07 Å². The summed E-state index contributed by atoms with van der Waals surface area (Å²) in [4.78, 5) is 5.81. The highest BCUT2D eigenvalue weighted by atomic mass is 32.1. The van der Waals surface area contributed by atoms with E-state index in [4.69, 9.17) is 5.73 Å². The molecule has 1 atom stereocenters. The molecule has 98 valence electrons. The molecular formula is C14H15N3S2. The SMILES string of the molecule is Cc1nc2cc(NC(C)c3cccs3)c(N)cc2s1. The second kappa shape index (κ2) is 4.83. The molecule has 3 rings (SSSR count). The molecule has 1 unspecified atom stereocenters. The molecule has 19 heavy (non-hydrogen) atoms. The Labute approximate surface area is 120 Å². The van der Waals surface area contributed by atoms with Crippen LogP contribution >= 0.6 is 22.7 Å². The van der Waals surface area contributed by atoms with Gasteiger partial charge in [-0.2, -0.15) is 0 Å². The molecule has 0 spiro atoms. The van der Waals surface area contributed by atoms with E-state index in [1.807, 2.05) is 19.1 Å². The molecule has 0 saturated heterocycles. The summed E-state index contributed by atoms with van der Waals surface area (Å²) in [6, 6.07) is 8.49. The molecule has 2 heterocycles. The number of thiophene rings is 1. The highest BCUT2D eigenvalue weighted by Crippen LogP contribution is 2.32. The van der Waals surface area contributed by atoms with E-state index >= 15 is 0 Å². The Morgan fingerprint density at radius 2 is 2.21 bits per heavy atom. The lowest BCUT2D eigenvalue weighted by Crippen LogP contribution is -2.06. The van der Waals surface area contributed by atoms with Gasteiger partial charge in [-0.3, -0.25) is 0 Å². The summed E-state index contributed by atoms with van der Waals surface area (Å²) in [6.45, 7) is 4.16. The number of benzene rings is 1. The van der Waals surface area contributed by atoms with Crippen molar-refractivity contribution < 1.29 is 0 Å². The third kappa shape index (κ3) is 2.43. The topological polar surface area (TPSA) is 50.9 Å². The highest BCUT2D eigenvalue weighted by Gasteiger charge is 2.10. The van der Waals surface area contributed by atoms with Gasteiger partial charge in [-0.25, -0.2) is 4.98 Å². The fraction of sp³-hybridized carbons (Fsp3) is 0.214. The molecule has 0 aliphatic rings. The van der Waals surface area contributed by atoms with Crippen LogP contribution in [-0.4, -0.2) is 4.98 Å². The predicted octanol–water partition coefficient (Wildman–Crippen LogP) is 4.42. The Morgan fingerprint density at radius 3 is 2.95 bits per heavy atom. The summed E-state index contributed by atoms with van der Waals surface area (Å²) in [7, 11) is 0. The van der Waals surface area contributed by atoms with Crippen LogP contribution in [-0.2, 0) is 0 Å². The number of hydrogen-bond donors (Lipinski definition) is 2. The van der Waals surface area contributed by atoms with Gasteiger partial charge in [0.25, 0.3) is 0 Å². The van der Waals surface area contributed by atoms with Crippen molar-refractivity contribution in [3.8, 4) is 0 Å². The molecule has 3 aromatic rings. The van der Waals surface area contributed by atoms with Gasteiger partial charge in [0.15, 0.2) is 0 Å². The smallest absolute Gasteiger partial charge is 0.0907 e. The minimum absolute atomic E-state index is 0.250. The lowest BCUT2D eigenvalue weighted by molar-refractivity contribution is 0.909. The van der Waals surface area contributed by atoms with Crippen LogP contribution in [0.25, 0.3) is 10.2 Å². The van der Waals surface area contributed by atoms with Crippen molar-refractivity contribution in [1.29, 1.82) is 0 Å². The lowest BCUT2D eigenvalue weighted by atomic mass is 10.2. The molecule has 2 aromatic heterocycles. The van der Waals surface area contributed by atoms with Gasteiger partial charge in [-0.15, -0.1) is 22.7 Å². The summed E-state index contributed by atoms with van der Waals surface area (Å²) < 4.78 is 1.14. The van der Waals surface area contributed by atoms with Crippen molar-refractivity contribution in [2.75, 3.05) is 11.1 Å². The zero-order valence-corrected chi connectivity index (χ0v) is 12.4. The van der Waals surface area contributed by atoms with E-state index in [0.29, 0.717) is 0 Å². The second-order valence-corrected chi connectivity index (χ2v) is 6.74. The van der Waals surface area contributed by atoms with E-state index in [9.17, 15) is 0 Å².